The molecule has 22 heavy (non-hydrogen) atoms. The van der Waals surface area contributed by atoms with E-state index in [4.69, 9.17) is 17.3 Å². The first kappa shape index (κ1) is 18.9. The average molecular weight is 360 g/mol. The highest BCUT2D eigenvalue weighted by Gasteiger charge is 2.18. The molecule has 7 heteroatoms. The van der Waals surface area contributed by atoms with Crippen molar-refractivity contribution in [2.24, 2.45) is 11.7 Å². The van der Waals surface area contributed by atoms with Gasteiger partial charge in [-0.3, -0.25) is 4.79 Å². The molecule has 1 aromatic carbocycles. The Labute approximate surface area is 145 Å². The van der Waals surface area contributed by atoms with Crippen molar-refractivity contribution >= 4 is 46.4 Å². The van der Waals surface area contributed by atoms with Crippen molar-refractivity contribution in [3.05, 3.63) is 45.9 Å². The topological polar surface area (TPSA) is 68.0 Å². The molecule has 0 aliphatic heterocycles. The van der Waals surface area contributed by atoms with Crippen LogP contribution in [-0.2, 0) is 11.2 Å². The Balaban J connectivity index is 0.00000242. The van der Waals surface area contributed by atoms with Crippen molar-refractivity contribution in [3.63, 3.8) is 0 Å². The zero-order chi connectivity index (χ0) is 15.4. The predicted molar refractivity (Wildman–Crippen MR) is 95.1 cm³/mol. The highest BCUT2D eigenvalue weighted by molar-refractivity contribution is 7.15. The van der Waals surface area contributed by atoms with Crippen molar-refractivity contribution < 1.29 is 4.79 Å². The fraction of sp³-hybridized carbons (Fsp3) is 0.333. The number of anilines is 1. The number of nitrogens with zero attached hydrogens (tertiary/aromatic N) is 1. The fourth-order valence-electron chi connectivity index (χ4n) is 1.73. The molecular formula is C15H19Cl2N3OS. The van der Waals surface area contributed by atoms with E-state index < -0.39 is 0 Å². The first-order valence-corrected chi connectivity index (χ1v) is 7.91. The van der Waals surface area contributed by atoms with Crippen molar-refractivity contribution in [2.45, 2.75) is 26.3 Å². The molecule has 4 nitrogen and oxygen atoms in total. The molecule has 0 saturated carbocycles. The Morgan fingerprint density at radius 3 is 2.73 bits per heavy atom. The summed E-state index contributed by atoms with van der Waals surface area (Å²) in [5, 5.41) is 4.13. The third-order valence-electron chi connectivity index (χ3n) is 3.31. The van der Waals surface area contributed by atoms with Crippen LogP contribution in [0.25, 0.3) is 0 Å². The number of amides is 1. The van der Waals surface area contributed by atoms with Gasteiger partial charge in [0.2, 0.25) is 5.91 Å². The molecule has 120 valence electrons. The van der Waals surface area contributed by atoms with E-state index in [1.807, 2.05) is 31.2 Å². The molecule has 2 aromatic rings. The summed E-state index contributed by atoms with van der Waals surface area (Å²) in [5.41, 5.74) is 6.77. The van der Waals surface area contributed by atoms with E-state index in [1.165, 1.54) is 11.3 Å². The summed E-state index contributed by atoms with van der Waals surface area (Å²) >= 11 is 7.59. The Bertz CT molecular complexity index is 631. The van der Waals surface area contributed by atoms with Gasteiger partial charge in [0, 0.05) is 28.6 Å². The van der Waals surface area contributed by atoms with Gasteiger partial charge in [-0.1, -0.05) is 36.7 Å². The minimum absolute atomic E-state index is 0. The maximum absolute atomic E-state index is 11.9. The number of carbonyl (C=O) groups excluding carboxylic acids is 1. The molecule has 0 fully saturated rings. The third-order valence-corrected chi connectivity index (χ3v) is 4.59. The summed E-state index contributed by atoms with van der Waals surface area (Å²) in [6.07, 6.45) is 2.47. The summed E-state index contributed by atoms with van der Waals surface area (Å²) < 4.78 is 0. The van der Waals surface area contributed by atoms with Gasteiger partial charge in [-0.05, 0) is 18.6 Å². The maximum Gasteiger partial charge on any atom is 0.230 e. The lowest BCUT2D eigenvalue weighted by molar-refractivity contribution is -0.119. The molecule has 0 radical (unpaired) electrons. The molecule has 0 bridgehead atoms. The van der Waals surface area contributed by atoms with Crippen LogP contribution in [0.4, 0.5) is 5.13 Å². The molecule has 0 aliphatic rings. The van der Waals surface area contributed by atoms with Crippen LogP contribution in [0, 0.1) is 5.92 Å². The van der Waals surface area contributed by atoms with Gasteiger partial charge in [-0.2, -0.15) is 0 Å². The van der Waals surface area contributed by atoms with E-state index in [-0.39, 0.29) is 30.3 Å². The van der Waals surface area contributed by atoms with Crippen molar-refractivity contribution in [3.8, 4) is 0 Å². The lowest BCUT2D eigenvalue weighted by atomic mass is 10.0. The number of aromatic nitrogens is 1. The Kier molecular flexibility index (Phi) is 7.29. The van der Waals surface area contributed by atoms with Gasteiger partial charge in [0.15, 0.2) is 5.13 Å². The maximum atomic E-state index is 11.9. The van der Waals surface area contributed by atoms with Crippen LogP contribution < -0.4 is 11.1 Å². The van der Waals surface area contributed by atoms with Crippen LogP contribution in [0.5, 0.6) is 0 Å². The Hall–Kier alpha value is -1.14. The van der Waals surface area contributed by atoms with Crippen molar-refractivity contribution in [2.75, 3.05) is 5.32 Å². The third kappa shape index (κ3) is 4.95. The second kappa shape index (κ2) is 8.48. The molecule has 1 amide bonds. The van der Waals surface area contributed by atoms with E-state index in [9.17, 15) is 4.79 Å². The lowest BCUT2D eigenvalue weighted by Gasteiger charge is -2.13. The quantitative estimate of drug-likeness (QED) is 0.854. The summed E-state index contributed by atoms with van der Waals surface area (Å²) in [6.45, 7) is 3.62. The number of hydrogen-bond acceptors (Lipinski definition) is 4. The fourth-order valence-corrected chi connectivity index (χ4v) is 2.78. The SMILES string of the molecule is CC(N)C(C)C(=O)Nc1ncc(Cc2ccccc2Cl)s1.Cl. The molecule has 2 rings (SSSR count). The van der Waals surface area contributed by atoms with Gasteiger partial charge < -0.3 is 11.1 Å². The minimum atomic E-state index is -0.249. The number of thiazole rings is 1. The molecule has 1 heterocycles. The van der Waals surface area contributed by atoms with Gasteiger partial charge in [0.05, 0.1) is 5.92 Å². The standard InChI is InChI=1S/C15H18ClN3OS.ClH/c1-9(10(2)17)14(20)19-15-18-8-12(21-15)7-11-5-3-4-6-13(11)16;/h3-6,8-10H,7,17H2,1-2H3,(H,18,19,20);1H. The number of hydrogen-bond donors (Lipinski definition) is 2. The van der Waals surface area contributed by atoms with Crippen LogP contribution in [0.1, 0.15) is 24.3 Å². The highest BCUT2D eigenvalue weighted by Crippen LogP contribution is 2.25. The van der Waals surface area contributed by atoms with Crippen molar-refractivity contribution in [1.82, 2.24) is 4.98 Å². The monoisotopic (exact) mass is 359 g/mol. The molecule has 0 saturated heterocycles. The first-order valence-electron chi connectivity index (χ1n) is 6.72. The van der Waals surface area contributed by atoms with Crippen LogP contribution in [-0.4, -0.2) is 16.9 Å². The molecule has 0 spiro atoms. The summed E-state index contributed by atoms with van der Waals surface area (Å²) in [5.74, 6) is -0.357. The Morgan fingerprint density at radius 2 is 2.09 bits per heavy atom. The van der Waals surface area contributed by atoms with Crippen LogP contribution in [0.3, 0.4) is 0 Å². The van der Waals surface area contributed by atoms with E-state index in [2.05, 4.69) is 10.3 Å². The summed E-state index contributed by atoms with van der Waals surface area (Å²) in [6, 6.07) is 7.52. The molecule has 2 atom stereocenters. The zero-order valence-corrected chi connectivity index (χ0v) is 14.8. The van der Waals surface area contributed by atoms with E-state index in [0.717, 1.165) is 15.5 Å². The zero-order valence-electron chi connectivity index (χ0n) is 12.4. The van der Waals surface area contributed by atoms with Crippen molar-refractivity contribution in [1.29, 1.82) is 0 Å². The molecule has 0 aliphatic carbocycles. The smallest absolute Gasteiger partial charge is 0.230 e. The number of halogens is 2. The second-order valence-electron chi connectivity index (χ2n) is 5.04. The van der Waals surface area contributed by atoms with Gasteiger partial charge >= 0.3 is 0 Å². The Morgan fingerprint density at radius 1 is 1.41 bits per heavy atom. The molecular weight excluding hydrogens is 341 g/mol. The number of nitrogens with one attached hydrogen (secondary N) is 1. The van der Waals surface area contributed by atoms with Gasteiger partial charge in [-0.25, -0.2) is 4.98 Å². The van der Waals surface area contributed by atoms with Gasteiger partial charge in [0.25, 0.3) is 0 Å². The van der Waals surface area contributed by atoms with Crippen LogP contribution in [0.2, 0.25) is 5.02 Å². The number of rotatable bonds is 5. The van der Waals surface area contributed by atoms with E-state index in [1.54, 1.807) is 13.1 Å². The minimum Gasteiger partial charge on any atom is -0.327 e. The van der Waals surface area contributed by atoms with Gasteiger partial charge in [-0.15, -0.1) is 23.7 Å². The highest BCUT2D eigenvalue weighted by atomic mass is 35.5. The average Bonchev–Trinajstić information content (AvgIpc) is 2.87. The molecule has 1 aromatic heterocycles. The normalized spacial score (nSPS) is 13.1. The second-order valence-corrected chi connectivity index (χ2v) is 6.56. The van der Waals surface area contributed by atoms with E-state index in [0.29, 0.717) is 11.6 Å². The largest absolute Gasteiger partial charge is 0.327 e. The molecule has 2 unspecified atom stereocenters. The van der Waals surface area contributed by atoms with Crippen LogP contribution >= 0.6 is 35.3 Å². The number of carbonyl (C=O) groups is 1. The summed E-state index contributed by atoms with van der Waals surface area (Å²) in [7, 11) is 0. The first-order chi connectivity index (χ1) is 9.97. The van der Waals surface area contributed by atoms with Gasteiger partial charge in [0.1, 0.15) is 0 Å². The van der Waals surface area contributed by atoms with E-state index >= 15 is 0 Å². The van der Waals surface area contributed by atoms with Crippen LogP contribution in [0.15, 0.2) is 30.5 Å². The number of benzene rings is 1. The predicted octanol–water partition coefficient (Wildman–Crippen LogP) is 3.73. The summed E-state index contributed by atoms with van der Waals surface area (Å²) in [4.78, 5) is 17.2. The number of nitrogens with two attached hydrogens (primary N) is 1. The lowest BCUT2D eigenvalue weighted by Crippen LogP contribution is -2.34. The molecule has 3 N–H and O–H groups in total.